The number of carboxylic acids is 1. The minimum Gasteiger partial charge on any atom is -0.478 e. The lowest BCUT2D eigenvalue weighted by Crippen LogP contribution is -2.15. The molecule has 1 aliphatic carbocycles. The number of hydrogen-bond donors (Lipinski definition) is 2. The Labute approximate surface area is 105 Å². The topological polar surface area (TPSA) is 62.2 Å². The van der Waals surface area contributed by atoms with Crippen LogP contribution in [0.15, 0.2) is 12.1 Å². The summed E-state index contributed by atoms with van der Waals surface area (Å²) >= 11 is 5.78. The Kier molecular flexibility index (Phi) is 3.24. The zero-order valence-corrected chi connectivity index (χ0v) is 10.4. The molecule has 0 atom stereocenters. The number of aromatic carboxylic acids is 1. The molecule has 17 heavy (non-hydrogen) atoms. The molecule has 1 aromatic heterocycles. The number of carbonyl (C=O) groups is 1. The molecule has 0 spiro atoms. The number of pyridine rings is 1. The second-order valence-electron chi connectivity index (χ2n) is 4.58. The van der Waals surface area contributed by atoms with Crippen LogP contribution < -0.4 is 5.32 Å². The highest BCUT2D eigenvalue weighted by atomic mass is 35.5. The summed E-state index contributed by atoms with van der Waals surface area (Å²) in [6.07, 6.45) is 3.58. The van der Waals surface area contributed by atoms with Gasteiger partial charge in [-0.3, -0.25) is 0 Å². The second-order valence-corrected chi connectivity index (χ2v) is 4.96. The smallest absolute Gasteiger partial charge is 0.335 e. The molecule has 1 aliphatic rings. The van der Waals surface area contributed by atoms with Gasteiger partial charge in [0.25, 0.3) is 0 Å². The average molecular weight is 255 g/mol. The van der Waals surface area contributed by atoms with Crippen LogP contribution in [0.4, 0.5) is 5.82 Å². The van der Waals surface area contributed by atoms with Crippen LogP contribution in [0.2, 0.25) is 5.15 Å². The first-order chi connectivity index (χ1) is 8.04. The van der Waals surface area contributed by atoms with E-state index in [-0.39, 0.29) is 10.7 Å². The molecule has 2 rings (SSSR count). The van der Waals surface area contributed by atoms with Gasteiger partial charge in [0.15, 0.2) is 0 Å². The van der Waals surface area contributed by atoms with E-state index in [0.717, 1.165) is 13.0 Å². The highest BCUT2D eigenvalue weighted by Crippen LogP contribution is 2.48. The molecule has 0 saturated heterocycles. The van der Waals surface area contributed by atoms with Gasteiger partial charge < -0.3 is 10.4 Å². The monoisotopic (exact) mass is 254 g/mol. The van der Waals surface area contributed by atoms with Crippen LogP contribution in [0.1, 0.15) is 36.5 Å². The molecule has 1 saturated carbocycles. The number of halogens is 1. The fourth-order valence-electron chi connectivity index (χ4n) is 1.82. The molecule has 1 heterocycles. The quantitative estimate of drug-likeness (QED) is 0.793. The molecule has 0 aromatic carbocycles. The molecular weight excluding hydrogens is 240 g/mol. The fraction of sp³-hybridized carbons (Fsp3) is 0.500. The zero-order valence-electron chi connectivity index (χ0n) is 9.66. The molecular formula is C12H15ClN2O2. The normalized spacial score (nSPS) is 16.6. The summed E-state index contributed by atoms with van der Waals surface area (Å²) in [5.41, 5.74) is 0.543. The maximum atomic E-state index is 10.9. The van der Waals surface area contributed by atoms with Crippen molar-refractivity contribution in [3.63, 3.8) is 0 Å². The van der Waals surface area contributed by atoms with Crippen molar-refractivity contribution in [1.29, 1.82) is 0 Å². The lowest BCUT2D eigenvalue weighted by molar-refractivity contribution is 0.0697. The van der Waals surface area contributed by atoms with E-state index in [9.17, 15) is 4.79 Å². The molecule has 0 unspecified atom stereocenters. The maximum absolute atomic E-state index is 10.9. The van der Waals surface area contributed by atoms with E-state index >= 15 is 0 Å². The summed E-state index contributed by atoms with van der Waals surface area (Å²) in [5.74, 6) is -0.455. The average Bonchev–Trinajstić information content (AvgIpc) is 3.06. The Bertz CT molecular complexity index is 444. The number of aromatic nitrogens is 1. The second kappa shape index (κ2) is 4.53. The van der Waals surface area contributed by atoms with Crippen LogP contribution in [0.3, 0.4) is 0 Å². The largest absolute Gasteiger partial charge is 0.478 e. The van der Waals surface area contributed by atoms with Crippen molar-refractivity contribution in [2.75, 3.05) is 11.9 Å². The van der Waals surface area contributed by atoms with Crippen LogP contribution in [0.5, 0.6) is 0 Å². The minimum atomic E-state index is -0.992. The summed E-state index contributed by atoms with van der Waals surface area (Å²) in [7, 11) is 0. The Balaban J connectivity index is 2.07. The third-order valence-electron chi connectivity index (χ3n) is 3.39. The van der Waals surface area contributed by atoms with Crippen LogP contribution in [0.25, 0.3) is 0 Å². The number of hydrogen-bond acceptors (Lipinski definition) is 3. The van der Waals surface area contributed by atoms with Gasteiger partial charge in [-0.2, -0.15) is 0 Å². The molecule has 1 fully saturated rings. The van der Waals surface area contributed by atoms with Gasteiger partial charge in [-0.05, 0) is 36.8 Å². The van der Waals surface area contributed by atoms with Gasteiger partial charge in [-0.1, -0.05) is 18.5 Å². The SMILES string of the molecule is CCC1(CNc2cc(C(=O)O)cc(Cl)n2)CC1. The van der Waals surface area contributed by atoms with Gasteiger partial charge in [-0.25, -0.2) is 9.78 Å². The Hall–Kier alpha value is -1.29. The van der Waals surface area contributed by atoms with Crippen molar-refractivity contribution in [1.82, 2.24) is 4.98 Å². The van der Waals surface area contributed by atoms with Crippen LogP contribution in [-0.2, 0) is 0 Å². The van der Waals surface area contributed by atoms with Gasteiger partial charge >= 0.3 is 5.97 Å². The Morgan fingerprint density at radius 1 is 1.59 bits per heavy atom. The van der Waals surface area contributed by atoms with E-state index in [1.165, 1.54) is 25.0 Å². The van der Waals surface area contributed by atoms with E-state index in [0.29, 0.717) is 11.2 Å². The Morgan fingerprint density at radius 2 is 2.29 bits per heavy atom. The molecule has 5 heteroatoms. The van der Waals surface area contributed by atoms with Crippen molar-refractivity contribution in [3.05, 3.63) is 22.8 Å². The predicted molar refractivity (Wildman–Crippen MR) is 66.7 cm³/mol. The van der Waals surface area contributed by atoms with Crippen LogP contribution >= 0.6 is 11.6 Å². The molecule has 0 radical (unpaired) electrons. The first kappa shape index (κ1) is 12.2. The van der Waals surface area contributed by atoms with Gasteiger partial charge in [0.2, 0.25) is 0 Å². The number of carboxylic acid groups (broad SMARTS) is 1. The zero-order chi connectivity index (χ0) is 12.5. The van der Waals surface area contributed by atoms with Crippen molar-refractivity contribution in [2.24, 2.45) is 5.41 Å². The van der Waals surface area contributed by atoms with Crippen molar-refractivity contribution < 1.29 is 9.90 Å². The van der Waals surface area contributed by atoms with Gasteiger partial charge in [-0.15, -0.1) is 0 Å². The van der Waals surface area contributed by atoms with E-state index in [4.69, 9.17) is 16.7 Å². The van der Waals surface area contributed by atoms with Crippen molar-refractivity contribution in [2.45, 2.75) is 26.2 Å². The fourth-order valence-corrected chi connectivity index (χ4v) is 2.03. The third kappa shape index (κ3) is 2.88. The molecule has 2 N–H and O–H groups in total. The molecule has 0 amide bonds. The predicted octanol–water partition coefficient (Wildman–Crippen LogP) is 3.04. The lowest BCUT2D eigenvalue weighted by Gasteiger charge is -2.14. The van der Waals surface area contributed by atoms with Gasteiger partial charge in [0, 0.05) is 6.54 Å². The first-order valence-electron chi connectivity index (χ1n) is 5.69. The summed E-state index contributed by atoms with van der Waals surface area (Å²) in [6, 6.07) is 2.86. The summed E-state index contributed by atoms with van der Waals surface area (Å²) in [6.45, 7) is 3.00. The molecule has 0 aliphatic heterocycles. The minimum absolute atomic E-state index is 0.161. The third-order valence-corrected chi connectivity index (χ3v) is 3.59. The van der Waals surface area contributed by atoms with Crippen LogP contribution in [0, 0.1) is 5.41 Å². The molecule has 92 valence electrons. The van der Waals surface area contributed by atoms with Crippen molar-refractivity contribution >= 4 is 23.4 Å². The summed E-state index contributed by atoms with van der Waals surface area (Å²) in [5, 5.41) is 12.3. The number of nitrogens with zero attached hydrogens (tertiary/aromatic N) is 1. The molecule has 4 nitrogen and oxygen atoms in total. The summed E-state index contributed by atoms with van der Waals surface area (Å²) in [4.78, 5) is 14.9. The first-order valence-corrected chi connectivity index (χ1v) is 6.07. The highest BCUT2D eigenvalue weighted by Gasteiger charge is 2.40. The maximum Gasteiger partial charge on any atom is 0.335 e. The highest BCUT2D eigenvalue weighted by molar-refractivity contribution is 6.29. The van der Waals surface area contributed by atoms with Gasteiger partial charge in [0.05, 0.1) is 5.56 Å². The van der Waals surface area contributed by atoms with E-state index < -0.39 is 5.97 Å². The van der Waals surface area contributed by atoms with Gasteiger partial charge in [0.1, 0.15) is 11.0 Å². The van der Waals surface area contributed by atoms with E-state index in [1.807, 2.05) is 0 Å². The summed E-state index contributed by atoms with van der Waals surface area (Å²) < 4.78 is 0. The number of nitrogens with one attached hydrogen (secondary N) is 1. The number of anilines is 1. The van der Waals surface area contributed by atoms with E-state index in [2.05, 4.69) is 17.2 Å². The molecule has 1 aromatic rings. The lowest BCUT2D eigenvalue weighted by atomic mass is 10.0. The standard InChI is InChI=1S/C12H15ClN2O2/c1-2-12(3-4-12)7-14-10-6-8(11(16)17)5-9(13)15-10/h5-6H,2-4,7H2,1H3,(H,14,15)(H,16,17). The number of rotatable bonds is 5. The Morgan fingerprint density at radius 3 is 2.82 bits per heavy atom. The molecule has 0 bridgehead atoms. The van der Waals surface area contributed by atoms with Crippen LogP contribution in [-0.4, -0.2) is 22.6 Å². The van der Waals surface area contributed by atoms with E-state index in [1.54, 1.807) is 0 Å². The van der Waals surface area contributed by atoms with Crippen molar-refractivity contribution in [3.8, 4) is 0 Å².